The van der Waals surface area contributed by atoms with Crippen LogP contribution in [0, 0.1) is 18.6 Å². The van der Waals surface area contributed by atoms with E-state index in [1.165, 1.54) is 0 Å². The second-order valence-corrected chi connectivity index (χ2v) is 5.96. The van der Waals surface area contributed by atoms with Crippen LogP contribution in [-0.2, 0) is 4.74 Å². The molecule has 0 saturated heterocycles. The lowest BCUT2D eigenvalue weighted by atomic mass is 9.85. The van der Waals surface area contributed by atoms with Gasteiger partial charge in [-0.3, -0.25) is 0 Å². The van der Waals surface area contributed by atoms with Gasteiger partial charge < -0.3 is 10.1 Å². The summed E-state index contributed by atoms with van der Waals surface area (Å²) in [4.78, 5) is 0. The number of halogens is 2. The lowest BCUT2D eigenvalue weighted by Gasteiger charge is -2.37. The van der Waals surface area contributed by atoms with E-state index in [0.717, 1.165) is 38.6 Å². The van der Waals surface area contributed by atoms with E-state index in [-0.39, 0.29) is 6.04 Å². The van der Waals surface area contributed by atoms with Gasteiger partial charge in [-0.1, -0.05) is 31.9 Å². The molecule has 0 aliphatic heterocycles. The van der Waals surface area contributed by atoms with E-state index in [2.05, 4.69) is 12.2 Å². The van der Waals surface area contributed by atoms with Crippen LogP contribution in [0.4, 0.5) is 8.78 Å². The zero-order chi connectivity index (χ0) is 15.5. The van der Waals surface area contributed by atoms with Crippen molar-refractivity contribution in [3.63, 3.8) is 0 Å². The highest BCUT2D eigenvalue weighted by molar-refractivity contribution is 5.30. The van der Waals surface area contributed by atoms with E-state index in [1.807, 2.05) is 0 Å². The predicted octanol–water partition coefficient (Wildman–Crippen LogP) is 4.27. The van der Waals surface area contributed by atoms with Crippen LogP contribution in [0.15, 0.2) is 12.1 Å². The third kappa shape index (κ3) is 3.11. The Morgan fingerprint density at radius 2 is 1.90 bits per heavy atom. The third-order valence-electron chi connectivity index (χ3n) is 4.60. The summed E-state index contributed by atoms with van der Waals surface area (Å²) in [5.74, 6) is -1.49. The molecule has 0 aromatic heterocycles. The average molecular weight is 297 g/mol. The number of benzene rings is 1. The fourth-order valence-corrected chi connectivity index (χ4v) is 3.34. The average Bonchev–Trinajstić information content (AvgIpc) is 2.97. The first-order chi connectivity index (χ1) is 10.1. The number of rotatable bonds is 6. The molecule has 1 aromatic carbocycles. The first-order valence-electron chi connectivity index (χ1n) is 7.78. The van der Waals surface area contributed by atoms with Crippen LogP contribution in [0.3, 0.4) is 0 Å². The maximum atomic E-state index is 14.4. The third-order valence-corrected chi connectivity index (χ3v) is 4.60. The molecule has 1 N–H and O–H groups in total. The van der Waals surface area contributed by atoms with E-state index in [1.54, 1.807) is 26.2 Å². The molecule has 0 spiro atoms. The van der Waals surface area contributed by atoms with Gasteiger partial charge in [0.05, 0.1) is 11.6 Å². The normalized spacial score (nSPS) is 18.9. The topological polar surface area (TPSA) is 21.3 Å². The van der Waals surface area contributed by atoms with E-state index in [0.29, 0.717) is 11.1 Å². The standard InChI is InChI=1S/C17H25F2NO/c1-4-11-20-16(17(21-3)9-5-6-10-17)13-8-7-12(2)14(18)15(13)19/h7-8,16,20H,4-6,9-11H2,1-3H3. The highest BCUT2D eigenvalue weighted by Gasteiger charge is 2.43. The fourth-order valence-electron chi connectivity index (χ4n) is 3.34. The molecular weight excluding hydrogens is 272 g/mol. The maximum Gasteiger partial charge on any atom is 0.163 e. The van der Waals surface area contributed by atoms with Gasteiger partial charge in [-0.15, -0.1) is 0 Å². The number of methoxy groups -OCH3 is 1. The van der Waals surface area contributed by atoms with Crippen molar-refractivity contribution in [3.8, 4) is 0 Å². The van der Waals surface area contributed by atoms with Crippen molar-refractivity contribution < 1.29 is 13.5 Å². The monoisotopic (exact) mass is 297 g/mol. The van der Waals surface area contributed by atoms with Crippen LogP contribution in [0.25, 0.3) is 0 Å². The van der Waals surface area contributed by atoms with Crippen LogP contribution in [0.1, 0.15) is 56.2 Å². The van der Waals surface area contributed by atoms with Gasteiger partial charge in [-0.25, -0.2) is 8.78 Å². The Morgan fingerprint density at radius 1 is 1.24 bits per heavy atom. The molecule has 0 heterocycles. The van der Waals surface area contributed by atoms with Crippen LogP contribution in [0.5, 0.6) is 0 Å². The Labute approximate surface area is 125 Å². The summed E-state index contributed by atoms with van der Waals surface area (Å²) in [5, 5.41) is 3.38. The molecule has 1 atom stereocenters. The van der Waals surface area contributed by atoms with Gasteiger partial charge in [0.25, 0.3) is 0 Å². The molecule has 2 nitrogen and oxygen atoms in total. The minimum atomic E-state index is -0.750. The summed E-state index contributed by atoms with van der Waals surface area (Å²) < 4.78 is 34.2. The first-order valence-corrected chi connectivity index (χ1v) is 7.78. The Morgan fingerprint density at radius 3 is 2.48 bits per heavy atom. The largest absolute Gasteiger partial charge is 0.376 e. The SMILES string of the molecule is CCCNC(c1ccc(C)c(F)c1F)C1(OC)CCCC1. The summed E-state index contributed by atoms with van der Waals surface area (Å²) in [6.45, 7) is 4.40. The second-order valence-electron chi connectivity index (χ2n) is 5.96. The maximum absolute atomic E-state index is 14.4. The lowest BCUT2D eigenvalue weighted by Crippen LogP contribution is -2.44. The molecule has 4 heteroatoms. The highest BCUT2D eigenvalue weighted by atomic mass is 19.2. The van der Waals surface area contributed by atoms with Gasteiger partial charge in [0.15, 0.2) is 11.6 Å². The van der Waals surface area contributed by atoms with Crippen molar-refractivity contribution in [1.82, 2.24) is 5.32 Å². The van der Waals surface area contributed by atoms with Crippen molar-refractivity contribution in [3.05, 3.63) is 34.9 Å². The van der Waals surface area contributed by atoms with Crippen molar-refractivity contribution >= 4 is 0 Å². The van der Waals surface area contributed by atoms with Gasteiger partial charge in [0.2, 0.25) is 0 Å². The van der Waals surface area contributed by atoms with Crippen LogP contribution >= 0.6 is 0 Å². The molecule has 0 bridgehead atoms. The molecule has 0 radical (unpaired) electrons. The number of ether oxygens (including phenoxy) is 1. The molecule has 1 aromatic rings. The quantitative estimate of drug-likeness (QED) is 0.846. The Balaban J connectivity index is 2.42. The number of hydrogen-bond acceptors (Lipinski definition) is 2. The summed E-state index contributed by atoms with van der Waals surface area (Å²) >= 11 is 0. The highest BCUT2D eigenvalue weighted by Crippen LogP contribution is 2.43. The predicted molar refractivity (Wildman–Crippen MR) is 80.3 cm³/mol. The smallest absolute Gasteiger partial charge is 0.163 e. The van der Waals surface area contributed by atoms with Crippen LogP contribution in [0.2, 0.25) is 0 Å². The molecule has 21 heavy (non-hydrogen) atoms. The summed E-state index contributed by atoms with van der Waals surface area (Å²) in [7, 11) is 1.67. The molecule has 1 unspecified atom stereocenters. The Bertz CT molecular complexity index is 484. The van der Waals surface area contributed by atoms with Gasteiger partial charge in [0.1, 0.15) is 0 Å². The van der Waals surface area contributed by atoms with Gasteiger partial charge in [-0.05, 0) is 38.3 Å². The van der Waals surface area contributed by atoms with E-state index in [4.69, 9.17) is 4.74 Å². The van der Waals surface area contributed by atoms with E-state index < -0.39 is 17.2 Å². The number of hydrogen-bond donors (Lipinski definition) is 1. The minimum Gasteiger partial charge on any atom is -0.376 e. The molecule has 2 rings (SSSR count). The fraction of sp³-hybridized carbons (Fsp3) is 0.647. The molecule has 1 aliphatic carbocycles. The van der Waals surface area contributed by atoms with Crippen molar-refractivity contribution in [2.45, 2.75) is 57.6 Å². The molecule has 1 saturated carbocycles. The van der Waals surface area contributed by atoms with Crippen LogP contribution < -0.4 is 5.32 Å². The van der Waals surface area contributed by atoms with E-state index >= 15 is 0 Å². The summed E-state index contributed by atoms with van der Waals surface area (Å²) in [6, 6.07) is 3.03. The number of aryl methyl sites for hydroxylation is 1. The Kier molecular flexibility index (Phi) is 5.33. The van der Waals surface area contributed by atoms with Crippen molar-refractivity contribution in [1.29, 1.82) is 0 Å². The van der Waals surface area contributed by atoms with Gasteiger partial charge in [0, 0.05) is 12.7 Å². The Hall–Kier alpha value is -1.00. The molecule has 1 fully saturated rings. The second kappa shape index (κ2) is 6.84. The van der Waals surface area contributed by atoms with Crippen molar-refractivity contribution in [2.24, 2.45) is 0 Å². The van der Waals surface area contributed by atoms with Crippen molar-refractivity contribution in [2.75, 3.05) is 13.7 Å². The van der Waals surface area contributed by atoms with Gasteiger partial charge >= 0.3 is 0 Å². The van der Waals surface area contributed by atoms with Crippen LogP contribution in [-0.4, -0.2) is 19.3 Å². The molecular formula is C17H25F2NO. The lowest BCUT2D eigenvalue weighted by molar-refractivity contribution is -0.0377. The zero-order valence-corrected chi connectivity index (χ0v) is 13.1. The van der Waals surface area contributed by atoms with Gasteiger partial charge in [-0.2, -0.15) is 0 Å². The van der Waals surface area contributed by atoms with E-state index in [9.17, 15) is 8.78 Å². The molecule has 118 valence electrons. The summed E-state index contributed by atoms with van der Waals surface area (Å²) in [5.41, 5.74) is 0.288. The first kappa shape index (κ1) is 16.4. The molecule has 0 amide bonds. The molecule has 1 aliphatic rings. The summed E-state index contributed by atoms with van der Waals surface area (Å²) in [6.07, 6.45) is 4.81. The zero-order valence-electron chi connectivity index (χ0n) is 13.1. The minimum absolute atomic E-state index is 0.306. The number of nitrogens with one attached hydrogen (secondary N) is 1.